The van der Waals surface area contributed by atoms with Gasteiger partial charge in [0.15, 0.2) is 0 Å². The fourth-order valence-corrected chi connectivity index (χ4v) is 2.79. The number of benzene rings is 1. The standard InChI is InChI=1S/C16H24N2O/c1-18(9-8-17-15-6-7-15)11-13-10-14-4-2-3-5-16(14)19-12-13/h2-5,13,15,17H,6-12H2,1H3. The smallest absolute Gasteiger partial charge is 0.122 e. The summed E-state index contributed by atoms with van der Waals surface area (Å²) in [6.45, 7) is 4.23. The third kappa shape index (κ3) is 3.71. The molecule has 0 amide bonds. The Morgan fingerprint density at radius 3 is 3.00 bits per heavy atom. The molecule has 3 rings (SSSR count). The molecule has 19 heavy (non-hydrogen) atoms. The van der Waals surface area contributed by atoms with Crippen LogP contribution in [0.25, 0.3) is 0 Å². The molecule has 0 bridgehead atoms. The molecule has 1 heterocycles. The van der Waals surface area contributed by atoms with Crippen molar-refractivity contribution in [2.24, 2.45) is 5.92 Å². The van der Waals surface area contributed by atoms with E-state index in [4.69, 9.17) is 4.74 Å². The van der Waals surface area contributed by atoms with E-state index in [0.717, 1.165) is 44.5 Å². The fraction of sp³-hybridized carbons (Fsp3) is 0.625. The lowest BCUT2D eigenvalue weighted by molar-refractivity contribution is 0.176. The topological polar surface area (TPSA) is 24.5 Å². The Bertz CT molecular complexity index is 417. The predicted molar refractivity (Wildman–Crippen MR) is 77.7 cm³/mol. The maximum atomic E-state index is 5.85. The van der Waals surface area contributed by atoms with Gasteiger partial charge in [0.25, 0.3) is 0 Å². The molecule has 1 fully saturated rings. The summed E-state index contributed by atoms with van der Waals surface area (Å²) >= 11 is 0. The van der Waals surface area contributed by atoms with Gasteiger partial charge in [0.1, 0.15) is 5.75 Å². The number of rotatable bonds is 6. The van der Waals surface area contributed by atoms with Gasteiger partial charge in [-0.1, -0.05) is 18.2 Å². The lowest BCUT2D eigenvalue weighted by Gasteiger charge is -2.29. The van der Waals surface area contributed by atoms with Crippen molar-refractivity contribution in [2.45, 2.75) is 25.3 Å². The van der Waals surface area contributed by atoms with Crippen LogP contribution in [-0.2, 0) is 6.42 Å². The van der Waals surface area contributed by atoms with Crippen LogP contribution in [0.1, 0.15) is 18.4 Å². The van der Waals surface area contributed by atoms with E-state index in [-0.39, 0.29) is 0 Å². The second-order valence-corrected chi connectivity index (χ2v) is 5.98. The number of para-hydroxylation sites is 1. The first-order chi connectivity index (χ1) is 9.31. The van der Waals surface area contributed by atoms with Crippen LogP contribution in [-0.4, -0.2) is 44.2 Å². The SMILES string of the molecule is CN(CCNC1CC1)CC1COc2ccccc2C1. The number of ether oxygens (including phenoxy) is 1. The summed E-state index contributed by atoms with van der Waals surface area (Å²) in [6.07, 6.45) is 3.89. The van der Waals surface area contributed by atoms with E-state index in [2.05, 4.69) is 41.5 Å². The Balaban J connectivity index is 1.42. The summed E-state index contributed by atoms with van der Waals surface area (Å²) < 4.78 is 5.85. The summed E-state index contributed by atoms with van der Waals surface area (Å²) in [5.41, 5.74) is 1.36. The molecular formula is C16H24N2O. The monoisotopic (exact) mass is 260 g/mol. The molecule has 104 valence electrons. The highest BCUT2D eigenvalue weighted by atomic mass is 16.5. The van der Waals surface area contributed by atoms with Crippen LogP contribution in [0.3, 0.4) is 0 Å². The average Bonchev–Trinajstić information content (AvgIpc) is 3.23. The first-order valence-corrected chi connectivity index (χ1v) is 7.44. The zero-order valence-electron chi connectivity index (χ0n) is 11.8. The van der Waals surface area contributed by atoms with Crippen LogP contribution >= 0.6 is 0 Å². The molecule has 0 radical (unpaired) electrons. The van der Waals surface area contributed by atoms with Crippen molar-refractivity contribution in [3.63, 3.8) is 0 Å². The van der Waals surface area contributed by atoms with Crippen molar-refractivity contribution in [3.8, 4) is 5.75 Å². The maximum Gasteiger partial charge on any atom is 0.122 e. The lowest BCUT2D eigenvalue weighted by Crippen LogP contribution is -2.36. The summed E-state index contributed by atoms with van der Waals surface area (Å²) in [5.74, 6) is 1.71. The van der Waals surface area contributed by atoms with Crippen molar-refractivity contribution >= 4 is 0 Å². The van der Waals surface area contributed by atoms with Crippen molar-refractivity contribution in [2.75, 3.05) is 33.3 Å². The first-order valence-electron chi connectivity index (χ1n) is 7.44. The van der Waals surface area contributed by atoms with E-state index in [9.17, 15) is 0 Å². The molecule has 1 unspecified atom stereocenters. The molecule has 1 aromatic rings. The summed E-state index contributed by atoms with van der Waals surface area (Å²) in [5, 5.41) is 3.57. The van der Waals surface area contributed by atoms with E-state index in [1.807, 2.05) is 0 Å². The first kappa shape index (κ1) is 12.9. The molecule has 1 aliphatic carbocycles. The van der Waals surface area contributed by atoms with E-state index in [1.54, 1.807) is 0 Å². The molecule has 0 spiro atoms. The second kappa shape index (κ2) is 5.93. The van der Waals surface area contributed by atoms with Gasteiger partial charge in [-0.15, -0.1) is 0 Å². The molecule has 1 aromatic carbocycles. The number of hydrogen-bond donors (Lipinski definition) is 1. The average molecular weight is 260 g/mol. The van der Waals surface area contributed by atoms with E-state index in [1.165, 1.54) is 18.4 Å². The molecule has 2 aliphatic rings. The van der Waals surface area contributed by atoms with Gasteiger partial charge in [0.05, 0.1) is 6.61 Å². The fourth-order valence-electron chi connectivity index (χ4n) is 2.79. The van der Waals surface area contributed by atoms with Gasteiger partial charge in [-0.3, -0.25) is 0 Å². The number of likely N-dealkylation sites (N-methyl/N-ethyl adjacent to an activating group) is 1. The van der Waals surface area contributed by atoms with Crippen molar-refractivity contribution in [1.29, 1.82) is 0 Å². The molecule has 1 saturated carbocycles. The van der Waals surface area contributed by atoms with E-state index >= 15 is 0 Å². The van der Waals surface area contributed by atoms with Gasteiger partial charge >= 0.3 is 0 Å². The lowest BCUT2D eigenvalue weighted by atomic mass is 9.96. The number of nitrogens with one attached hydrogen (secondary N) is 1. The predicted octanol–water partition coefficient (Wildman–Crippen LogP) is 1.92. The molecular weight excluding hydrogens is 236 g/mol. The maximum absolute atomic E-state index is 5.85. The minimum atomic E-state index is 0.626. The quantitative estimate of drug-likeness (QED) is 0.846. The highest BCUT2D eigenvalue weighted by molar-refractivity contribution is 5.35. The van der Waals surface area contributed by atoms with Crippen molar-refractivity contribution in [1.82, 2.24) is 10.2 Å². The zero-order valence-corrected chi connectivity index (χ0v) is 11.8. The third-order valence-corrected chi connectivity index (χ3v) is 4.03. The Hall–Kier alpha value is -1.06. The molecule has 3 heteroatoms. The Morgan fingerprint density at radius 2 is 2.16 bits per heavy atom. The van der Waals surface area contributed by atoms with Crippen LogP contribution < -0.4 is 10.1 Å². The minimum absolute atomic E-state index is 0.626. The Labute approximate surface area is 115 Å². The molecule has 0 saturated heterocycles. The van der Waals surface area contributed by atoms with Crippen molar-refractivity contribution < 1.29 is 4.74 Å². The second-order valence-electron chi connectivity index (χ2n) is 5.98. The summed E-state index contributed by atoms with van der Waals surface area (Å²) in [6, 6.07) is 9.24. The third-order valence-electron chi connectivity index (χ3n) is 4.03. The van der Waals surface area contributed by atoms with Crippen molar-refractivity contribution in [3.05, 3.63) is 29.8 Å². The van der Waals surface area contributed by atoms with Gasteiger partial charge in [0, 0.05) is 31.6 Å². The van der Waals surface area contributed by atoms with Gasteiger partial charge in [-0.2, -0.15) is 0 Å². The van der Waals surface area contributed by atoms with Gasteiger partial charge in [-0.25, -0.2) is 0 Å². The van der Waals surface area contributed by atoms with Gasteiger partial charge in [-0.05, 0) is 37.9 Å². The number of hydrogen-bond acceptors (Lipinski definition) is 3. The normalized spacial score (nSPS) is 22.1. The summed E-state index contributed by atoms with van der Waals surface area (Å²) in [7, 11) is 2.22. The highest BCUT2D eigenvalue weighted by Gasteiger charge is 2.22. The van der Waals surface area contributed by atoms with Gasteiger partial charge in [0.2, 0.25) is 0 Å². The van der Waals surface area contributed by atoms with E-state index in [0.29, 0.717) is 5.92 Å². The van der Waals surface area contributed by atoms with Crippen LogP contribution in [0.2, 0.25) is 0 Å². The van der Waals surface area contributed by atoms with Gasteiger partial charge < -0.3 is 15.0 Å². The molecule has 0 aromatic heterocycles. The number of nitrogens with zero attached hydrogens (tertiary/aromatic N) is 1. The van der Waals surface area contributed by atoms with Crippen LogP contribution in [0, 0.1) is 5.92 Å². The van der Waals surface area contributed by atoms with Crippen LogP contribution in [0.15, 0.2) is 24.3 Å². The Morgan fingerprint density at radius 1 is 1.32 bits per heavy atom. The number of fused-ring (bicyclic) bond motifs is 1. The molecule has 1 atom stereocenters. The molecule has 3 nitrogen and oxygen atoms in total. The molecule has 1 N–H and O–H groups in total. The van der Waals surface area contributed by atoms with Crippen LogP contribution in [0.4, 0.5) is 0 Å². The summed E-state index contributed by atoms with van der Waals surface area (Å²) in [4.78, 5) is 2.43. The van der Waals surface area contributed by atoms with E-state index < -0.39 is 0 Å². The van der Waals surface area contributed by atoms with Crippen LogP contribution in [0.5, 0.6) is 5.75 Å². The largest absolute Gasteiger partial charge is 0.493 e. The highest BCUT2D eigenvalue weighted by Crippen LogP contribution is 2.27. The minimum Gasteiger partial charge on any atom is -0.493 e. The Kier molecular flexibility index (Phi) is 4.04. The zero-order chi connectivity index (χ0) is 13.1. The molecule has 1 aliphatic heterocycles.